The number of anilines is 2. The van der Waals surface area contributed by atoms with Gasteiger partial charge < -0.3 is 16.0 Å². The van der Waals surface area contributed by atoms with Crippen molar-refractivity contribution < 1.29 is 4.79 Å². The maximum absolute atomic E-state index is 11.7. The molecule has 0 bridgehead atoms. The van der Waals surface area contributed by atoms with Gasteiger partial charge in [0.1, 0.15) is 0 Å². The number of hydrogen-bond donors (Lipinski definition) is 3. The third-order valence-corrected chi connectivity index (χ3v) is 4.04. The normalized spacial score (nSPS) is 13.3. The number of nitrogens with zero attached hydrogens (tertiary/aromatic N) is 1. The van der Waals surface area contributed by atoms with Crippen LogP contribution in [0.25, 0.3) is 0 Å². The van der Waals surface area contributed by atoms with Crippen LogP contribution in [0.1, 0.15) is 25.0 Å². The summed E-state index contributed by atoms with van der Waals surface area (Å²) in [7, 11) is 0. The van der Waals surface area contributed by atoms with E-state index in [1.165, 1.54) is 11.1 Å². The van der Waals surface area contributed by atoms with Gasteiger partial charge >= 0.3 is 0 Å². The number of nitrogens with one attached hydrogen (secondary N) is 3. The van der Waals surface area contributed by atoms with Gasteiger partial charge in [-0.2, -0.15) is 0 Å². The summed E-state index contributed by atoms with van der Waals surface area (Å²) < 4.78 is 0. The molecule has 5 heteroatoms. The second kappa shape index (κ2) is 7.83. The van der Waals surface area contributed by atoms with E-state index in [0.29, 0.717) is 0 Å². The second-order valence-electron chi connectivity index (χ2n) is 6.50. The fraction of sp³-hybridized carbons (Fsp3) is 0.300. The molecule has 0 fully saturated rings. The molecule has 5 nitrogen and oxygen atoms in total. The number of hydrogen-bond acceptors (Lipinski definition) is 4. The molecule has 0 aliphatic carbocycles. The van der Waals surface area contributed by atoms with Crippen LogP contribution in [-0.2, 0) is 11.2 Å². The molecule has 0 saturated carbocycles. The van der Waals surface area contributed by atoms with Crippen LogP contribution in [0.15, 0.2) is 53.5 Å². The molecule has 1 heterocycles. The molecule has 0 spiro atoms. The molecular formula is C20H24N4O. The molecule has 1 amide bonds. The van der Waals surface area contributed by atoms with Gasteiger partial charge in [0.25, 0.3) is 0 Å². The summed E-state index contributed by atoms with van der Waals surface area (Å²) in [6, 6.07) is 16.4. The highest BCUT2D eigenvalue weighted by Crippen LogP contribution is 2.16. The van der Waals surface area contributed by atoms with Gasteiger partial charge in [0.15, 0.2) is 5.96 Å². The summed E-state index contributed by atoms with van der Waals surface area (Å²) >= 11 is 0. The van der Waals surface area contributed by atoms with E-state index in [1.54, 1.807) is 0 Å². The number of guanidine groups is 1. The SMILES string of the molecule is CC(C)C(=O)Nc1ccc(Cc2ccc(NC3=NCCN3)cc2)cc1. The zero-order chi connectivity index (χ0) is 17.6. The summed E-state index contributed by atoms with van der Waals surface area (Å²) in [6.07, 6.45) is 0.859. The Balaban J connectivity index is 1.57. The lowest BCUT2D eigenvalue weighted by Gasteiger charge is -2.09. The first-order valence-corrected chi connectivity index (χ1v) is 8.64. The smallest absolute Gasteiger partial charge is 0.226 e. The topological polar surface area (TPSA) is 65.5 Å². The molecule has 0 saturated heterocycles. The van der Waals surface area contributed by atoms with Crippen LogP contribution < -0.4 is 16.0 Å². The molecule has 0 aromatic heterocycles. The average molecular weight is 336 g/mol. The third kappa shape index (κ3) is 4.83. The van der Waals surface area contributed by atoms with Gasteiger partial charge in [-0.15, -0.1) is 0 Å². The van der Waals surface area contributed by atoms with Gasteiger partial charge in [-0.25, -0.2) is 0 Å². The van der Waals surface area contributed by atoms with Crippen molar-refractivity contribution >= 4 is 23.2 Å². The zero-order valence-electron chi connectivity index (χ0n) is 14.7. The molecule has 3 rings (SSSR count). The van der Waals surface area contributed by atoms with E-state index in [2.05, 4.69) is 57.3 Å². The highest BCUT2D eigenvalue weighted by molar-refractivity contribution is 5.94. The fourth-order valence-corrected chi connectivity index (χ4v) is 2.55. The molecule has 130 valence electrons. The minimum atomic E-state index is -0.0165. The van der Waals surface area contributed by atoms with E-state index in [4.69, 9.17) is 0 Å². The number of aliphatic imine (C=N–C) groups is 1. The number of amides is 1. The van der Waals surface area contributed by atoms with Gasteiger partial charge in [0, 0.05) is 23.8 Å². The highest BCUT2D eigenvalue weighted by Gasteiger charge is 2.07. The molecule has 25 heavy (non-hydrogen) atoms. The second-order valence-corrected chi connectivity index (χ2v) is 6.50. The van der Waals surface area contributed by atoms with E-state index in [-0.39, 0.29) is 11.8 Å². The molecule has 2 aromatic carbocycles. The predicted molar refractivity (Wildman–Crippen MR) is 103 cm³/mol. The van der Waals surface area contributed by atoms with E-state index in [0.717, 1.165) is 36.8 Å². The number of carbonyl (C=O) groups is 1. The Morgan fingerprint density at radius 2 is 1.64 bits per heavy atom. The van der Waals surface area contributed by atoms with Crippen molar-refractivity contribution in [2.45, 2.75) is 20.3 Å². The highest BCUT2D eigenvalue weighted by atomic mass is 16.1. The number of carbonyl (C=O) groups excluding carboxylic acids is 1. The lowest BCUT2D eigenvalue weighted by molar-refractivity contribution is -0.118. The summed E-state index contributed by atoms with van der Waals surface area (Å²) in [5.41, 5.74) is 4.33. The van der Waals surface area contributed by atoms with E-state index in [1.807, 2.05) is 26.0 Å². The van der Waals surface area contributed by atoms with Gasteiger partial charge in [0.2, 0.25) is 5.91 Å². The summed E-state index contributed by atoms with van der Waals surface area (Å²) in [6.45, 7) is 5.50. The van der Waals surface area contributed by atoms with Crippen LogP contribution in [-0.4, -0.2) is 25.0 Å². The Kier molecular flexibility index (Phi) is 5.33. The maximum Gasteiger partial charge on any atom is 0.226 e. The van der Waals surface area contributed by atoms with Crippen molar-refractivity contribution in [2.75, 3.05) is 23.7 Å². The lowest BCUT2D eigenvalue weighted by atomic mass is 10.0. The minimum absolute atomic E-state index is 0.0165. The lowest BCUT2D eigenvalue weighted by Crippen LogP contribution is -2.26. The Morgan fingerprint density at radius 1 is 1.04 bits per heavy atom. The van der Waals surface area contributed by atoms with Gasteiger partial charge in [-0.1, -0.05) is 38.1 Å². The van der Waals surface area contributed by atoms with Crippen LogP contribution in [0, 0.1) is 5.92 Å². The molecule has 3 N–H and O–H groups in total. The molecule has 1 aliphatic heterocycles. The summed E-state index contributed by atoms with van der Waals surface area (Å²) in [4.78, 5) is 16.0. The zero-order valence-corrected chi connectivity index (χ0v) is 14.7. The van der Waals surface area contributed by atoms with E-state index in [9.17, 15) is 4.79 Å². The Labute approximate surface area is 148 Å². The average Bonchev–Trinajstić information content (AvgIpc) is 3.11. The first-order chi connectivity index (χ1) is 12.1. The molecular weight excluding hydrogens is 312 g/mol. The predicted octanol–water partition coefficient (Wildman–Crippen LogP) is 3.24. The third-order valence-electron chi connectivity index (χ3n) is 4.04. The first-order valence-electron chi connectivity index (χ1n) is 8.64. The quantitative estimate of drug-likeness (QED) is 0.785. The monoisotopic (exact) mass is 336 g/mol. The van der Waals surface area contributed by atoms with Crippen molar-refractivity contribution in [2.24, 2.45) is 10.9 Å². The van der Waals surface area contributed by atoms with Gasteiger partial charge in [-0.3, -0.25) is 9.79 Å². The maximum atomic E-state index is 11.7. The Hall–Kier alpha value is -2.82. The number of benzene rings is 2. The fourth-order valence-electron chi connectivity index (χ4n) is 2.55. The molecule has 1 aliphatic rings. The minimum Gasteiger partial charge on any atom is -0.354 e. The van der Waals surface area contributed by atoms with Crippen molar-refractivity contribution in [1.82, 2.24) is 5.32 Å². The molecule has 0 atom stereocenters. The van der Waals surface area contributed by atoms with Crippen LogP contribution in [0.4, 0.5) is 11.4 Å². The Bertz CT molecular complexity index is 748. The molecule has 2 aromatic rings. The van der Waals surface area contributed by atoms with Crippen LogP contribution in [0.2, 0.25) is 0 Å². The van der Waals surface area contributed by atoms with Gasteiger partial charge in [0.05, 0.1) is 6.54 Å². The standard InChI is InChI=1S/C20H24N4O/c1-14(2)19(25)23-17-7-3-15(4-8-17)13-16-5-9-18(10-6-16)24-20-21-11-12-22-20/h3-10,14H,11-13H2,1-2H3,(H,23,25)(H2,21,22,24). The van der Waals surface area contributed by atoms with Crippen LogP contribution in [0.3, 0.4) is 0 Å². The van der Waals surface area contributed by atoms with Crippen molar-refractivity contribution in [1.29, 1.82) is 0 Å². The summed E-state index contributed by atoms with van der Waals surface area (Å²) in [5, 5.41) is 9.37. The summed E-state index contributed by atoms with van der Waals surface area (Å²) in [5.74, 6) is 0.862. The largest absolute Gasteiger partial charge is 0.354 e. The Morgan fingerprint density at radius 3 is 2.16 bits per heavy atom. The van der Waals surface area contributed by atoms with Crippen molar-refractivity contribution in [3.63, 3.8) is 0 Å². The van der Waals surface area contributed by atoms with Crippen molar-refractivity contribution in [3.8, 4) is 0 Å². The first kappa shape index (κ1) is 17.0. The van der Waals surface area contributed by atoms with E-state index >= 15 is 0 Å². The van der Waals surface area contributed by atoms with E-state index < -0.39 is 0 Å². The van der Waals surface area contributed by atoms with Crippen LogP contribution in [0.5, 0.6) is 0 Å². The van der Waals surface area contributed by atoms with Crippen LogP contribution >= 0.6 is 0 Å². The molecule has 0 unspecified atom stereocenters. The molecule has 0 radical (unpaired) electrons. The van der Waals surface area contributed by atoms with Gasteiger partial charge in [-0.05, 0) is 41.8 Å². The van der Waals surface area contributed by atoms with Crippen molar-refractivity contribution in [3.05, 3.63) is 59.7 Å². The number of rotatable bonds is 5.